The molecule has 0 saturated heterocycles. The number of aromatic nitrogens is 2. The van der Waals surface area contributed by atoms with Gasteiger partial charge in [-0.05, 0) is 42.7 Å². The van der Waals surface area contributed by atoms with E-state index in [0.717, 1.165) is 23.4 Å². The molecule has 1 fully saturated rings. The van der Waals surface area contributed by atoms with Gasteiger partial charge in [0.05, 0.1) is 27.2 Å². The Morgan fingerprint density at radius 3 is 2.96 bits per heavy atom. The summed E-state index contributed by atoms with van der Waals surface area (Å²) in [6.07, 6.45) is 3.43. The van der Waals surface area contributed by atoms with E-state index < -0.39 is 0 Å². The topological polar surface area (TPSA) is 68.0 Å². The average Bonchev–Trinajstić information content (AvgIpc) is 3.28. The van der Waals surface area contributed by atoms with Crippen molar-refractivity contribution in [1.82, 2.24) is 15.5 Å². The molecule has 3 aromatic heterocycles. The van der Waals surface area contributed by atoms with Gasteiger partial charge in [0.1, 0.15) is 0 Å². The van der Waals surface area contributed by atoms with Crippen molar-refractivity contribution >= 4 is 28.3 Å². The molecule has 136 valence electrons. The van der Waals surface area contributed by atoms with Crippen molar-refractivity contribution in [2.24, 2.45) is 11.8 Å². The number of nitrogens with zero attached hydrogens (tertiary/aromatic N) is 2. The number of aryl methyl sites for hydroxylation is 1. The first kappa shape index (κ1) is 17.2. The Morgan fingerprint density at radius 2 is 2.19 bits per heavy atom. The van der Waals surface area contributed by atoms with Crippen LogP contribution in [0.15, 0.2) is 28.1 Å². The number of thiophene rings is 1. The van der Waals surface area contributed by atoms with E-state index in [-0.39, 0.29) is 11.9 Å². The lowest BCUT2D eigenvalue weighted by Gasteiger charge is -2.34. The standard InChI is InChI=1S/C20H23N3O2S/c1-11-6-4-7-15(12(11)2)21-19(24)14-10-16(17-8-5-9-26-17)22-20-18(14)13(3)23-25-20/h5,8-12,15H,4,6-7H2,1-3H3,(H,21,24)/t11-,12-,15-/m1/s1. The number of hydrogen-bond acceptors (Lipinski definition) is 5. The number of nitrogens with one attached hydrogen (secondary N) is 1. The summed E-state index contributed by atoms with van der Waals surface area (Å²) in [5.74, 6) is 1.04. The molecule has 26 heavy (non-hydrogen) atoms. The minimum atomic E-state index is -0.0625. The summed E-state index contributed by atoms with van der Waals surface area (Å²) < 4.78 is 5.37. The van der Waals surface area contributed by atoms with Crippen molar-refractivity contribution in [3.63, 3.8) is 0 Å². The van der Waals surface area contributed by atoms with Gasteiger partial charge in [0.2, 0.25) is 0 Å². The molecule has 1 amide bonds. The number of amides is 1. The van der Waals surface area contributed by atoms with Crippen LogP contribution in [0.2, 0.25) is 0 Å². The Balaban J connectivity index is 1.72. The first-order chi connectivity index (χ1) is 12.5. The molecule has 0 aliphatic heterocycles. The normalized spacial score (nSPS) is 23.3. The highest BCUT2D eigenvalue weighted by molar-refractivity contribution is 7.13. The molecule has 4 rings (SSSR count). The number of fused-ring (bicyclic) bond motifs is 1. The van der Waals surface area contributed by atoms with Crippen LogP contribution in [0.3, 0.4) is 0 Å². The smallest absolute Gasteiger partial charge is 0.259 e. The Bertz CT molecular complexity index is 932. The van der Waals surface area contributed by atoms with Crippen molar-refractivity contribution < 1.29 is 9.32 Å². The molecule has 1 N–H and O–H groups in total. The van der Waals surface area contributed by atoms with Crippen LogP contribution in [0.25, 0.3) is 21.7 Å². The van der Waals surface area contributed by atoms with Crippen LogP contribution in [0, 0.1) is 18.8 Å². The summed E-state index contributed by atoms with van der Waals surface area (Å²) >= 11 is 1.59. The van der Waals surface area contributed by atoms with E-state index in [0.29, 0.717) is 34.2 Å². The van der Waals surface area contributed by atoms with Gasteiger partial charge in [0.25, 0.3) is 11.6 Å². The lowest BCUT2D eigenvalue weighted by atomic mass is 9.78. The Labute approximate surface area is 156 Å². The third kappa shape index (κ3) is 3.03. The predicted octanol–water partition coefficient (Wildman–Crippen LogP) is 4.81. The Kier molecular flexibility index (Phi) is 4.53. The highest BCUT2D eigenvalue weighted by atomic mass is 32.1. The van der Waals surface area contributed by atoms with E-state index in [1.165, 1.54) is 6.42 Å². The second-order valence-electron chi connectivity index (χ2n) is 7.33. The fourth-order valence-electron chi connectivity index (χ4n) is 3.86. The fourth-order valence-corrected chi connectivity index (χ4v) is 4.54. The second kappa shape index (κ2) is 6.83. The SMILES string of the molecule is Cc1noc2nc(-c3cccs3)cc(C(=O)N[C@@H]3CCC[C@@H](C)[C@H]3C)c12. The van der Waals surface area contributed by atoms with Gasteiger partial charge in [0, 0.05) is 6.04 Å². The van der Waals surface area contributed by atoms with Crippen LogP contribution in [-0.4, -0.2) is 22.1 Å². The number of rotatable bonds is 3. The quantitative estimate of drug-likeness (QED) is 0.719. The van der Waals surface area contributed by atoms with Crippen molar-refractivity contribution in [3.8, 4) is 10.6 Å². The zero-order chi connectivity index (χ0) is 18.3. The predicted molar refractivity (Wildman–Crippen MR) is 103 cm³/mol. The van der Waals surface area contributed by atoms with Crippen LogP contribution in [0.5, 0.6) is 0 Å². The maximum atomic E-state index is 13.1. The highest BCUT2D eigenvalue weighted by Crippen LogP contribution is 2.32. The van der Waals surface area contributed by atoms with Crippen molar-refractivity contribution in [3.05, 3.63) is 34.8 Å². The van der Waals surface area contributed by atoms with Crippen LogP contribution in [-0.2, 0) is 0 Å². The van der Waals surface area contributed by atoms with E-state index >= 15 is 0 Å². The summed E-state index contributed by atoms with van der Waals surface area (Å²) in [5, 5.41) is 9.99. The molecule has 3 atom stereocenters. The minimum Gasteiger partial charge on any atom is -0.349 e. The fraction of sp³-hybridized carbons (Fsp3) is 0.450. The van der Waals surface area contributed by atoms with Crippen LogP contribution >= 0.6 is 11.3 Å². The summed E-state index contributed by atoms with van der Waals surface area (Å²) in [6, 6.07) is 6.04. The molecule has 0 unspecified atom stereocenters. The molecule has 3 heterocycles. The van der Waals surface area contributed by atoms with Gasteiger partial charge in [-0.1, -0.05) is 37.9 Å². The number of pyridine rings is 1. The molecule has 1 saturated carbocycles. The van der Waals surface area contributed by atoms with E-state index in [1.807, 2.05) is 30.5 Å². The molecular formula is C20H23N3O2S. The summed E-state index contributed by atoms with van der Waals surface area (Å²) in [4.78, 5) is 18.7. The van der Waals surface area contributed by atoms with Crippen LogP contribution in [0.4, 0.5) is 0 Å². The highest BCUT2D eigenvalue weighted by Gasteiger charge is 2.29. The van der Waals surface area contributed by atoms with Gasteiger partial charge in [-0.2, -0.15) is 0 Å². The lowest BCUT2D eigenvalue weighted by Crippen LogP contribution is -2.43. The number of carbonyl (C=O) groups is 1. The van der Waals surface area contributed by atoms with E-state index in [2.05, 4.69) is 29.3 Å². The van der Waals surface area contributed by atoms with E-state index in [9.17, 15) is 4.79 Å². The zero-order valence-corrected chi connectivity index (χ0v) is 16.1. The largest absolute Gasteiger partial charge is 0.349 e. The Hall–Kier alpha value is -2.21. The molecule has 6 heteroatoms. The zero-order valence-electron chi connectivity index (χ0n) is 15.3. The molecule has 3 aromatic rings. The third-order valence-electron chi connectivity index (χ3n) is 5.66. The molecule has 0 radical (unpaired) electrons. The van der Waals surface area contributed by atoms with Crippen LogP contribution in [0.1, 0.15) is 49.2 Å². The van der Waals surface area contributed by atoms with Gasteiger partial charge < -0.3 is 9.84 Å². The first-order valence-electron chi connectivity index (χ1n) is 9.16. The van der Waals surface area contributed by atoms with Crippen molar-refractivity contribution in [2.75, 3.05) is 0 Å². The van der Waals surface area contributed by atoms with Gasteiger partial charge >= 0.3 is 0 Å². The number of hydrogen-bond donors (Lipinski definition) is 1. The molecule has 1 aliphatic rings. The lowest BCUT2D eigenvalue weighted by molar-refractivity contribution is 0.0892. The van der Waals surface area contributed by atoms with Gasteiger partial charge in [-0.15, -0.1) is 11.3 Å². The second-order valence-corrected chi connectivity index (χ2v) is 8.28. The first-order valence-corrected chi connectivity index (χ1v) is 10.0. The maximum absolute atomic E-state index is 13.1. The van der Waals surface area contributed by atoms with Crippen molar-refractivity contribution in [1.29, 1.82) is 0 Å². The average molecular weight is 369 g/mol. The molecule has 0 aromatic carbocycles. The van der Waals surface area contributed by atoms with Gasteiger partial charge in [0.15, 0.2) is 0 Å². The summed E-state index contributed by atoms with van der Waals surface area (Å²) in [5.41, 5.74) is 2.46. The third-order valence-corrected chi connectivity index (χ3v) is 6.55. The summed E-state index contributed by atoms with van der Waals surface area (Å²) in [6.45, 7) is 6.35. The maximum Gasteiger partial charge on any atom is 0.259 e. The van der Waals surface area contributed by atoms with Crippen molar-refractivity contribution in [2.45, 2.75) is 46.1 Å². The molecule has 0 bridgehead atoms. The Morgan fingerprint density at radius 1 is 1.35 bits per heavy atom. The van der Waals surface area contributed by atoms with E-state index in [1.54, 1.807) is 11.3 Å². The van der Waals surface area contributed by atoms with Gasteiger partial charge in [-0.25, -0.2) is 4.98 Å². The monoisotopic (exact) mass is 369 g/mol. The number of carbonyl (C=O) groups excluding carboxylic acids is 1. The van der Waals surface area contributed by atoms with E-state index in [4.69, 9.17) is 4.52 Å². The molecular weight excluding hydrogens is 346 g/mol. The van der Waals surface area contributed by atoms with Gasteiger partial charge in [-0.3, -0.25) is 4.79 Å². The van der Waals surface area contributed by atoms with Crippen LogP contribution < -0.4 is 5.32 Å². The summed E-state index contributed by atoms with van der Waals surface area (Å²) in [7, 11) is 0. The minimum absolute atomic E-state index is 0.0625. The molecule has 0 spiro atoms. The molecule has 5 nitrogen and oxygen atoms in total. The molecule has 1 aliphatic carbocycles.